The van der Waals surface area contributed by atoms with E-state index >= 15 is 0 Å². The highest BCUT2D eigenvalue weighted by atomic mass is 16.4. The van der Waals surface area contributed by atoms with E-state index in [-0.39, 0.29) is 0 Å². The van der Waals surface area contributed by atoms with E-state index in [4.69, 9.17) is 0 Å². The van der Waals surface area contributed by atoms with Crippen molar-refractivity contribution in [2.45, 2.75) is 84.2 Å². The van der Waals surface area contributed by atoms with Crippen LogP contribution in [0.15, 0.2) is 0 Å². The molecule has 0 aliphatic heterocycles. The van der Waals surface area contributed by atoms with Crippen molar-refractivity contribution in [2.24, 2.45) is 11.3 Å². The first-order valence-electron chi connectivity index (χ1n) is 7.87. The maximum absolute atomic E-state index is 11.7. The Morgan fingerprint density at radius 3 is 2.11 bits per heavy atom. The van der Waals surface area contributed by atoms with Crippen LogP contribution in [0.1, 0.15) is 78.6 Å². The summed E-state index contributed by atoms with van der Waals surface area (Å²) in [5.41, 5.74) is -1.50. The molecule has 0 atom stereocenters. The standard InChI is InChI=1S/C16H30O3/c1-4-7-13-8-10-15(11-9-13,14(17)18)12-16(19,5-2)6-3/h13,19H,4-12H2,1-3H3,(H,17,18). The molecular formula is C16H30O3. The lowest BCUT2D eigenvalue weighted by Gasteiger charge is -2.41. The van der Waals surface area contributed by atoms with Crippen molar-refractivity contribution in [1.29, 1.82) is 0 Å². The van der Waals surface area contributed by atoms with Crippen LogP contribution in [-0.4, -0.2) is 21.8 Å². The summed E-state index contributed by atoms with van der Waals surface area (Å²) in [4.78, 5) is 11.7. The third kappa shape index (κ3) is 3.95. The van der Waals surface area contributed by atoms with Gasteiger partial charge >= 0.3 is 5.97 Å². The third-order valence-electron chi connectivity index (χ3n) is 5.20. The number of aliphatic hydroxyl groups is 1. The molecule has 1 saturated carbocycles. The molecule has 0 amide bonds. The Morgan fingerprint density at radius 1 is 1.21 bits per heavy atom. The first-order chi connectivity index (χ1) is 8.91. The molecule has 0 saturated heterocycles. The van der Waals surface area contributed by atoms with Crippen molar-refractivity contribution in [1.82, 2.24) is 0 Å². The molecule has 1 aliphatic rings. The molecule has 112 valence electrons. The number of carboxylic acids is 1. The molecule has 0 aromatic heterocycles. The number of hydrogen-bond donors (Lipinski definition) is 2. The van der Waals surface area contributed by atoms with Gasteiger partial charge in [0.15, 0.2) is 0 Å². The van der Waals surface area contributed by atoms with Gasteiger partial charge in [-0.15, -0.1) is 0 Å². The zero-order valence-electron chi connectivity index (χ0n) is 12.7. The maximum Gasteiger partial charge on any atom is 0.309 e. The van der Waals surface area contributed by atoms with Crippen LogP contribution in [0, 0.1) is 11.3 Å². The van der Waals surface area contributed by atoms with Crippen molar-refractivity contribution in [2.75, 3.05) is 0 Å². The van der Waals surface area contributed by atoms with Crippen molar-refractivity contribution in [3.05, 3.63) is 0 Å². The molecule has 0 radical (unpaired) electrons. The zero-order valence-corrected chi connectivity index (χ0v) is 12.7. The maximum atomic E-state index is 11.7. The number of carboxylic acid groups (broad SMARTS) is 1. The molecule has 0 unspecified atom stereocenters. The molecule has 2 N–H and O–H groups in total. The minimum atomic E-state index is -0.810. The van der Waals surface area contributed by atoms with Crippen molar-refractivity contribution < 1.29 is 15.0 Å². The normalized spacial score (nSPS) is 28.3. The summed E-state index contributed by atoms with van der Waals surface area (Å²) in [7, 11) is 0. The van der Waals surface area contributed by atoms with Gasteiger partial charge in [0.1, 0.15) is 0 Å². The monoisotopic (exact) mass is 270 g/mol. The Hall–Kier alpha value is -0.570. The molecule has 0 bridgehead atoms. The largest absolute Gasteiger partial charge is 0.481 e. The van der Waals surface area contributed by atoms with E-state index in [9.17, 15) is 15.0 Å². The van der Waals surface area contributed by atoms with Crippen LogP contribution in [0.3, 0.4) is 0 Å². The Morgan fingerprint density at radius 2 is 1.74 bits per heavy atom. The van der Waals surface area contributed by atoms with E-state index in [0.29, 0.717) is 25.2 Å². The minimum absolute atomic E-state index is 0.418. The van der Waals surface area contributed by atoms with Crippen molar-refractivity contribution in [3.63, 3.8) is 0 Å². The fourth-order valence-electron chi connectivity index (χ4n) is 3.52. The molecule has 0 heterocycles. The van der Waals surface area contributed by atoms with Crippen molar-refractivity contribution >= 4 is 5.97 Å². The Kier molecular flexibility index (Phi) is 5.84. The van der Waals surface area contributed by atoms with Crippen LogP contribution in [-0.2, 0) is 4.79 Å². The molecular weight excluding hydrogens is 240 g/mol. The number of hydrogen-bond acceptors (Lipinski definition) is 2. The van der Waals surface area contributed by atoms with Gasteiger partial charge in [0.25, 0.3) is 0 Å². The molecule has 3 heteroatoms. The summed E-state index contributed by atoms with van der Waals surface area (Å²) in [6.07, 6.45) is 7.55. The van der Waals surface area contributed by atoms with Gasteiger partial charge in [-0.05, 0) is 50.9 Å². The predicted molar refractivity (Wildman–Crippen MR) is 77.1 cm³/mol. The van der Waals surface area contributed by atoms with Crippen LogP contribution in [0.4, 0.5) is 0 Å². The molecule has 19 heavy (non-hydrogen) atoms. The van der Waals surface area contributed by atoms with Crippen LogP contribution >= 0.6 is 0 Å². The number of aliphatic carboxylic acids is 1. The molecule has 0 aromatic rings. The van der Waals surface area contributed by atoms with E-state index in [1.807, 2.05) is 13.8 Å². The summed E-state index contributed by atoms with van der Waals surface area (Å²) >= 11 is 0. The highest BCUT2D eigenvalue weighted by molar-refractivity contribution is 5.75. The van der Waals surface area contributed by atoms with Gasteiger partial charge in [-0.25, -0.2) is 0 Å². The van der Waals surface area contributed by atoms with Crippen molar-refractivity contribution in [3.8, 4) is 0 Å². The van der Waals surface area contributed by atoms with Gasteiger partial charge < -0.3 is 10.2 Å². The highest BCUT2D eigenvalue weighted by Gasteiger charge is 2.46. The average molecular weight is 270 g/mol. The van der Waals surface area contributed by atoms with Gasteiger partial charge in [-0.2, -0.15) is 0 Å². The smallest absolute Gasteiger partial charge is 0.309 e. The average Bonchev–Trinajstić information content (AvgIpc) is 2.41. The lowest BCUT2D eigenvalue weighted by Crippen LogP contribution is -2.43. The Labute approximate surface area is 117 Å². The molecule has 0 aromatic carbocycles. The van der Waals surface area contributed by atoms with E-state index < -0.39 is 17.0 Å². The fourth-order valence-corrected chi connectivity index (χ4v) is 3.52. The fraction of sp³-hybridized carbons (Fsp3) is 0.938. The first-order valence-corrected chi connectivity index (χ1v) is 7.87. The molecule has 1 rings (SSSR count). The number of rotatable bonds is 7. The summed E-state index contributed by atoms with van der Waals surface area (Å²) < 4.78 is 0. The lowest BCUT2D eigenvalue weighted by molar-refractivity contribution is -0.157. The summed E-state index contributed by atoms with van der Waals surface area (Å²) in [6.45, 7) is 6.08. The Balaban J connectivity index is 2.75. The zero-order chi connectivity index (χ0) is 14.5. The van der Waals surface area contributed by atoms with E-state index in [1.54, 1.807) is 0 Å². The second-order valence-corrected chi connectivity index (χ2v) is 6.43. The number of carbonyl (C=O) groups is 1. The van der Waals surface area contributed by atoms with E-state index in [1.165, 1.54) is 12.8 Å². The predicted octanol–water partition coefficient (Wildman–Crippen LogP) is 3.99. The van der Waals surface area contributed by atoms with E-state index in [0.717, 1.165) is 25.7 Å². The van der Waals surface area contributed by atoms with Gasteiger partial charge in [0.2, 0.25) is 0 Å². The lowest BCUT2D eigenvalue weighted by atomic mass is 9.64. The van der Waals surface area contributed by atoms with Gasteiger partial charge in [-0.3, -0.25) is 4.79 Å². The van der Waals surface area contributed by atoms with Crippen LogP contribution < -0.4 is 0 Å². The summed E-state index contributed by atoms with van der Waals surface area (Å²) in [5.74, 6) is -0.0170. The van der Waals surface area contributed by atoms with E-state index in [2.05, 4.69) is 6.92 Å². The quantitative estimate of drug-likeness (QED) is 0.735. The van der Waals surface area contributed by atoms with Gasteiger partial charge in [0, 0.05) is 0 Å². The Bertz CT molecular complexity index is 286. The van der Waals surface area contributed by atoms with Crippen LogP contribution in [0.2, 0.25) is 0 Å². The summed E-state index contributed by atoms with van der Waals surface area (Å²) in [5, 5.41) is 20.1. The van der Waals surface area contributed by atoms with Crippen LogP contribution in [0.25, 0.3) is 0 Å². The molecule has 1 fully saturated rings. The van der Waals surface area contributed by atoms with Gasteiger partial charge in [0.05, 0.1) is 11.0 Å². The topological polar surface area (TPSA) is 57.5 Å². The highest BCUT2D eigenvalue weighted by Crippen LogP contribution is 2.46. The molecule has 3 nitrogen and oxygen atoms in total. The second-order valence-electron chi connectivity index (χ2n) is 6.43. The second kappa shape index (κ2) is 6.74. The minimum Gasteiger partial charge on any atom is -0.481 e. The van der Waals surface area contributed by atoms with Crippen LogP contribution in [0.5, 0.6) is 0 Å². The molecule has 0 spiro atoms. The van der Waals surface area contributed by atoms with Gasteiger partial charge in [-0.1, -0.05) is 33.6 Å². The SMILES string of the molecule is CCCC1CCC(CC(O)(CC)CC)(C(=O)O)CC1. The third-order valence-corrected chi connectivity index (χ3v) is 5.20. The first kappa shape index (κ1) is 16.5. The summed E-state index contributed by atoms with van der Waals surface area (Å²) in [6, 6.07) is 0. The molecule has 1 aliphatic carbocycles.